The molecular formula is C21H29NO4. The molecule has 4 rings (SSSR count). The van der Waals surface area contributed by atoms with Gasteiger partial charge in [0.25, 0.3) is 0 Å². The lowest BCUT2D eigenvalue weighted by Crippen LogP contribution is -2.56. The van der Waals surface area contributed by atoms with Crippen molar-refractivity contribution in [3.8, 4) is 0 Å². The van der Waals surface area contributed by atoms with Gasteiger partial charge >= 0.3 is 5.97 Å². The van der Waals surface area contributed by atoms with Crippen LogP contribution in [0.15, 0.2) is 30.3 Å². The number of carbonyl (C=O) groups is 1. The first-order chi connectivity index (χ1) is 12.5. The minimum absolute atomic E-state index is 0.135. The molecule has 0 spiro atoms. The number of benzene rings is 1. The monoisotopic (exact) mass is 359 g/mol. The Balaban J connectivity index is 1.55. The van der Waals surface area contributed by atoms with Crippen molar-refractivity contribution in [1.82, 2.24) is 0 Å². The molecule has 2 unspecified atom stereocenters. The van der Waals surface area contributed by atoms with Crippen LogP contribution in [-0.4, -0.2) is 30.7 Å². The Morgan fingerprint density at radius 2 is 1.77 bits per heavy atom. The fourth-order valence-corrected chi connectivity index (χ4v) is 5.10. The maximum absolute atomic E-state index is 12.5. The minimum Gasteiger partial charge on any atom is -0.432 e. The lowest BCUT2D eigenvalue weighted by atomic mass is 9.63. The van der Waals surface area contributed by atoms with Crippen LogP contribution in [0.25, 0.3) is 0 Å². The van der Waals surface area contributed by atoms with Crippen LogP contribution in [0.4, 0.5) is 0 Å². The second-order valence-electron chi connectivity index (χ2n) is 8.17. The standard InChI is InChI=1S/C21H29NO4/c1-12-8-9-16-17(22)11-10-15-13(2)20(26-21(24-12)18(15)16)25-19(23)14-6-4-3-5-7-14/h3-7,12-13,15-18,20-21H,8-11,22H2,1-2H3/t12-,13+,15-,16?,17+,18?,20-,21-/m0/s1. The quantitative estimate of drug-likeness (QED) is 0.820. The van der Waals surface area contributed by atoms with Crippen LogP contribution in [0.3, 0.4) is 0 Å². The Morgan fingerprint density at radius 1 is 1.04 bits per heavy atom. The number of esters is 1. The average Bonchev–Trinajstić information content (AvgIpc) is 2.81. The summed E-state index contributed by atoms with van der Waals surface area (Å²) >= 11 is 0. The predicted molar refractivity (Wildman–Crippen MR) is 97.1 cm³/mol. The third kappa shape index (κ3) is 3.28. The van der Waals surface area contributed by atoms with Gasteiger partial charge in [-0.1, -0.05) is 25.1 Å². The molecule has 1 saturated carbocycles. The smallest absolute Gasteiger partial charge is 0.340 e. The molecular weight excluding hydrogens is 330 g/mol. The second-order valence-corrected chi connectivity index (χ2v) is 8.17. The molecule has 2 N–H and O–H groups in total. The molecule has 142 valence electrons. The fraction of sp³-hybridized carbons (Fsp3) is 0.667. The largest absolute Gasteiger partial charge is 0.432 e. The van der Waals surface area contributed by atoms with Gasteiger partial charge in [0.1, 0.15) is 0 Å². The van der Waals surface area contributed by atoms with E-state index in [-0.39, 0.29) is 30.3 Å². The van der Waals surface area contributed by atoms with Crippen LogP contribution in [0.1, 0.15) is 49.9 Å². The van der Waals surface area contributed by atoms with Crippen molar-refractivity contribution in [2.75, 3.05) is 0 Å². The summed E-state index contributed by atoms with van der Waals surface area (Å²) in [6, 6.07) is 9.29. The lowest BCUT2D eigenvalue weighted by molar-refractivity contribution is -0.319. The Bertz CT molecular complexity index is 636. The van der Waals surface area contributed by atoms with Gasteiger partial charge in [-0.05, 0) is 56.6 Å². The number of hydrogen-bond acceptors (Lipinski definition) is 5. The molecule has 1 aromatic carbocycles. The van der Waals surface area contributed by atoms with E-state index < -0.39 is 6.29 Å². The number of rotatable bonds is 2. The van der Waals surface area contributed by atoms with Crippen LogP contribution < -0.4 is 5.73 Å². The summed E-state index contributed by atoms with van der Waals surface area (Å²) < 4.78 is 18.2. The fourth-order valence-electron chi connectivity index (χ4n) is 5.10. The van der Waals surface area contributed by atoms with Crippen LogP contribution in [0.2, 0.25) is 0 Å². The maximum atomic E-state index is 12.5. The first-order valence-electron chi connectivity index (χ1n) is 9.87. The highest BCUT2D eigenvalue weighted by atomic mass is 16.8. The molecule has 5 nitrogen and oxygen atoms in total. The Labute approximate surface area is 155 Å². The molecule has 2 saturated heterocycles. The molecule has 8 atom stereocenters. The summed E-state index contributed by atoms with van der Waals surface area (Å²) in [7, 11) is 0. The average molecular weight is 359 g/mol. The summed E-state index contributed by atoms with van der Waals surface area (Å²) in [5.41, 5.74) is 6.99. The van der Waals surface area contributed by atoms with Gasteiger partial charge in [-0.25, -0.2) is 4.79 Å². The molecule has 2 aliphatic heterocycles. The van der Waals surface area contributed by atoms with Gasteiger partial charge in [-0.2, -0.15) is 0 Å². The van der Waals surface area contributed by atoms with Crippen molar-refractivity contribution in [2.24, 2.45) is 29.4 Å². The van der Waals surface area contributed by atoms with Crippen molar-refractivity contribution >= 4 is 5.97 Å². The van der Waals surface area contributed by atoms with Gasteiger partial charge < -0.3 is 19.9 Å². The van der Waals surface area contributed by atoms with Gasteiger partial charge in [0.2, 0.25) is 6.29 Å². The Kier molecular flexibility index (Phi) is 5.04. The van der Waals surface area contributed by atoms with Gasteiger partial charge in [-0.15, -0.1) is 0 Å². The van der Waals surface area contributed by atoms with Crippen molar-refractivity contribution in [3.05, 3.63) is 35.9 Å². The maximum Gasteiger partial charge on any atom is 0.340 e. The first-order valence-corrected chi connectivity index (χ1v) is 9.87. The van der Waals surface area contributed by atoms with Gasteiger partial charge in [0.15, 0.2) is 6.29 Å². The molecule has 0 bridgehead atoms. The Morgan fingerprint density at radius 3 is 2.54 bits per heavy atom. The highest BCUT2D eigenvalue weighted by molar-refractivity contribution is 5.89. The van der Waals surface area contributed by atoms with Crippen molar-refractivity contribution < 1.29 is 19.0 Å². The van der Waals surface area contributed by atoms with Crippen molar-refractivity contribution in [3.63, 3.8) is 0 Å². The van der Waals surface area contributed by atoms with Gasteiger partial charge in [0, 0.05) is 17.9 Å². The van der Waals surface area contributed by atoms with E-state index in [4.69, 9.17) is 19.9 Å². The zero-order valence-electron chi connectivity index (χ0n) is 15.5. The number of nitrogens with two attached hydrogens (primary N) is 1. The number of ether oxygens (including phenoxy) is 3. The highest BCUT2D eigenvalue weighted by Crippen LogP contribution is 2.50. The molecule has 1 aromatic rings. The molecule has 0 radical (unpaired) electrons. The first kappa shape index (κ1) is 18.0. The van der Waals surface area contributed by atoms with Crippen molar-refractivity contribution in [1.29, 1.82) is 0 Å². The molecule has 5 heteroatoms. The van der Waals surface area contributed by atoms with E-state index in [1.807, 2.05) is 18.2 Å². The van der Waals surface area contributed by atoms with Gasteiger partial charge in [0.05, 0.1) is 11.7 Å². The predicted octanol–water partition coefficient (Wildman–Crippen LogP) is 3.33. The van der Waals surface area contributed by atoms with Gasteiger partial charge in [-0.3, -0.25) is 0 Å². The number of carbonyl (C=O) groups excluding carboxylic acids is 1. The summed E-state index contributed by atoms with van der Waals surface area (Å²) in [4.78, 5) is 12.5. The van der Waals surface area contributed by atoms with E-state index in [1.165, 1.54) is 0 Å². The van der Waals surface area contributed by atoms with E-state index >= 15 is 0 Å². The molecule has 3 aliphatic rings. The van der Waals surface area contributed by atoms with Crippen molar-refractivity contribution in [2.45, 2.75) is 64.3 Å². The highest BCUT2D eigenvalue weighted by Gasteiger charge is 2.53. The molecule has 0 amide bonds. The SMILES string of the molecule is C[C@H]1[C@@H](OC(=O)c2ccccc2)O[C@@H]2O[C@@H](C)CCC3C2[C@H]1CC[C@H]3N. The number of hydrogen-bond donors (Lipinski definition) is 1. The molecule has 0 aromatic heterocycles. The minimum atomic E-state index is -0.575. The topological polar surface area (TPSA) is 70.8 Å². The normalized spacial score (nSPS) is 42.4. The van der Waals surface area contributed by atoms with Crippen LogP contribution >= 0.6 is 0 Å². The molecule has 3 fully saturated rings. The molecule has 2 heterocycles. The van der Waals surface area contributed by atoms with E-state index in [1.54, 1.807) is 12.1 Å². The zero-order valence-corrected chi connectivity index (χ0v) is 15.5. The second kappa shape index (κ2) is 7.29. The molecule has 1 aliphatic carbocycles. The zero-order chi connectivity index (χ0) is 18.3. The lowest BCUT2D eigenvalue weighted by Gasteiger charge is -2.51. The van der Waals surface area contributed by atoms with E-state index in [0.29, 0.717) is 23.3 Å². The third-order valence-corrected chi connectivity index (χ3v) is 6.56. The van der Waals surface area contributed by atoms with E-state index in [0.717, 1.165) is 25.7 Å². The van der Waals surface area contributed by atoms with Crippen LogP contribution in [-0.2, 0) is 14.2 Å². The summed E-state index contributed by atoms with van der Waals surface area (Å²) in [5.74, 6) is 0.933. The van der Waals surface area contributed by atoms with E-state index in [2.05, 4.69) is 13.8 Å². The Hall–Kier alpha value is -1.43. The molecule has 26 heavy (non-hydrogen) atoms. The van der Waals surface area contributed by atoms with E-state index in [9.17, 15) is 4.79 Å². The van der Waals surface area contributed by atoms with Crippen LogP contribution in [0, 0.1) is 23.7 Å². The van der Waals surface area contributed by atoms with Crippen LogP contribution in [0.5, 0.6) is 0 Å². The summed E-state index contributed by atoms with van der Waals surface area (Å²) in [6.45, 7) is 4.22. The third-order valence-electron chi connectivity index (χ3n) is 6.56. The summed E-state index contributed by atoms with van der Waals surface area (Å²) in [6.07, 6.45) is 3.39. The summed E-state index contributed by atoms with van der Waals surface area (Å²) in [5, 5.41) is 0.